The van der Waals surface area contributed by atoms with Gasteiger partial charge in [0.25, 0.3) is 0 Å². The van der Waals surface area contributed by atoms with Crippen LogP contribution in [0.25, 0.3) is 0 Å². The van der Waals surface area contributed by atoms with E-state index >= 15 is 0 Å². The molecule has 6 heteroatoms. The van der Waals surface area contributed by atoms with E-state index in [0.29, 0.717) is 6.04 Å². The Balaban J connectivity index is 1.50. The first-order valence-corrected chi connectivity index (χ1v) is 11.9. The highest BCUT2D eigenvalue weighted by molar-refractivity contribution is 5.68. The summed E-state index contributed by atoms with van der Waals surface area (Å²) in [6.07, 6.45) is 4.39. The van der Waals surface area contributed by atoms with Gasteiger partial charge in [-0.2, -0.15) is 0 Å². The number of carbonyl (C=O) groups is 1. The molecule has 0 spiro atoms. The van der Waals surface area contributed by atoms with Gasteiger partial charge >= 0.3 is 6.09 Å². The Bertz CT molecular complexity index is 723. The van der Waals surface area contributed by atoms with Crippen molar-refractivity contribution >= 4 is 6.09 Å². The second kappa shape index (κ2) is 10.7. The highest BCUT2D eigenvalue weighted by Gasteiger charge is 2.28. The van der Waals surface area contributed by atoms with Crippen molar-refractivity contribution in [3.8, 4) is 5.75 Å². The number of benzene rings is 1. The molecule has 31 heavy (non-hydrogen) atoms. The molecule has 174 valence electrons. The largest absolute Gasteiger partial charge is 0.496 e. The fourth-order valence-electron chi connectivity index (χ4n) is 4.77. The normalized spacial score (nSPS) is 19.9. The standard InChI is InChI=1S/C25H41N3O3/c1-6-12-27(21-10-11-22-20(19-21)8-7-9-23(22)30-5)16-13-26-14-17-28(18-15-26)24(29)31-25(2,3)4/h7-9,21H,6,10-19H2,1-5H3. The summed E-state index contributed by atoms with van der Waals surface area (Å²) in [6, 6.07) is 7.07. The zero-order valence-corrected chi connectivity index (χ0v) is 20.2. The third kappa shape index (κ3) is 6.59. The van der Waals surface area contributed by atoms with Crippen molar-refractivity contribution in [2.24, 2.45) is 0 Å². The Hall–Kier alpha value is -1.79. The molecule has 0 saturated carbocycles. The van der Waals surface area contributed by atoms with Crippen LogP contribution in [-0.4, -0.2) is 85.4 Å². The van der Waals surface area contributed by atoms with E-state index in [0.717, 1.165) is 64.4 Å². The molecule has 3 rings (SSSR count). The molecule has 1 aromatic rings. The summed E-state index contributed by atoms with van der Waals surface area (Å²) >= 11 is 0. The Morgan fingerprint density at radius 2 is 1.90 bits per heavy atom. The SMILES string of the molecule is CCCN(CCN1CCN(C(=O)OC(C)(C)C)CC1)C1CCc2c(cccc2OC)C1. The van der Waals surface area contributed by atoms with Crippen molar-refractivity contribution in [2.45, 2.75) is 65.0 Å². The summed E-state index contributed by atoms with van der Waals surface area (Å²) in [7, 11) is 1.77. The number of rotatable bonds is 7. The summed E-state index contributed by atoms with van der Waals surface area (Å²) < 4.78 is 11.1. The zero-order valence-electron chi connectivity index (χ0n) is 20.2. The molecule has 0 bridgehead atoms. The van der Waals surface area contributed by atoms with E-state index < -0.39 is 5.60 Å². The number of nitrogens with zero attached hydrogens (tertiary/aromatic N) is 3. The number of fused-ring (bicyclic) bond motifs is 1. The monoisotopic (exact) mass is 431 g/mol. The highest BCUT2D eigenvalue weighted by atomic mass is 16.6. The van der Waals surface area contributed by atoms with Gasteiger partial charge in [-0.3, -0.25) is 9.80 Å². The van der Waals surface area contributed by atoms with Crippen LogP contribution < -0.4 is 4.74 Å². The van der Waals surface area contributed by atoms with Crippen LogP contribution in [0.3, 0.4) is 0 Å². The third-order valence-electron chi connectivity index (χ3n) is 6.39. The molecule has 0 radical (unpaired) electrons. The molecule has 1 amide bonds. The molecule has 1 fully saturated rings. The maximum absolute atomic E-state index is 12.3. The van der Waals surface area contributed by atoms with E-state index in [9.17, 15) is 4.79 Å². The zero-order chi connectivity index (χ0) is 22.4. The Morgan fingerprint density at radius 3 is 2.55 bits per heavy atom. The van der Waals surface area contributed by atoms with Gasteiger partial charge in [-0.25, -0.2) is 4.79 Å². The molecular weight excluding hydrogens is 390 g/mol. The highest BCUT2D eigenvalue weighted by Crippen LogP contribution is 2.31. The topological polar surface area (TPSA) is 45.2 Å². The fourth-order valence-corrected chi connectivity index (χ4v) is 4.77. The minimum atomic E-state index is -0.433. The number of methoxy groups -OCH3 is 1. The molecule has 1 atom stereocenters. The van der Waals surface area contributed by atoms with E-state index in [1.165, 1.54) is 24.0 Å². The average molecular weight is 432 g/mol. The van der Waals surface area contributed by atoms with Gasteiger partial charge in [0.15, 0.2) is 0 Å². The summed E-state index contributed by atoms with van der Waals surface area (Å²) in [6.45, 7) is 14.7. The van der Waals surface area contributed by atoms with Crippen LogP contribution in [0.2, 0.25) is 0 Å². The van der Waals surface area contributed by atoms with Gasteiger partial charge < -0.3 is 14.4 Å². The number of ether oxygens (including phenoxy) is 2. The lowest BCUT2D eigenvalue weighted by Crippen LogP contribution is -2.52. The molecule has 6 nitrogen and oxygen atoms in total. The van der Waals surface area contributed by atoms with Crippen molar-refractivity contribution in [3.63, 3.8) is 0 Å². The van der Waals surface area contributed by atoms with Gasteiger partial charge in [0.05, 0.1) is 7.11 Å². The average Bonchev–Trinajstić information content (AvgIpc) is 2.75. The smallest absolute Gasteiger partial charge is 0.410 e. The Kier molecular flexibility index (Phi) is 8.23. The lowest BCUT2D eigenvalue weighted by Gasteiger charge is -2.39. The predicted octanol–water partition coefficient (Wildman–Crippen LogP) is 3.82. The fraction of sp³-hybridized carbons (Fsp3) is 0.720. The second-order valence-corrected chi connectivity index (χ2v) is 9.84. The molecular formula is C25H41N3O3. The van der Waals surface area contributed by atoms with Crippen molar-refractivity contribution in [2.75, 3.05) is 52.9 Å². The Morgan fingerprint density at radius 1 is 1.16 bits per heavy atom. The van der Waals surface area contributed by atoms with Crippen LogP contribution in [0.4, 0.5) is 4.79 Å². The first-order chi connectivity index (χ1) is 14.8. The quantitative estimate of drug-likeness (QED) is 0.657. The summed E-state index contributed by atoms with van der Waals surface area (Å²) in [5.74, 6) is 1.04. The summed E-state index contributed by atoms with van der Waals surface area (Å²) in [5, 5.41) is 0. The maximum atomic E-state index is 12.3. The molecule has 1 aliphatic heterocycles. The van der Waals surface area contributed by atoms with Gasteiger partial charge in [-0.1, -0.05) is 19.1 Å². The van der Waals surface area contributed by atoms with Gasteiger partial charge in [-0.15, -0.1) is 0 Å². The predicted molar refractivity (Wildman–Crippen MR) is 125 cm³/mol. The van der Waals surface area contributed by atoms with E-state index in [1.807, 2.05) is 25.7 Å². The Labute approximate surface area is 188 Å². The molecule has 1 aliphatic carbocycles. The molecule has 1 aromatic carbocycles. The lowest BCUT2D eigenvalue weighted by molar-refractivity contribution is 0.0134. The first-order valence-electron chi connectivity index (χ1n) is 11.9. The van der Waals surface area contributed by atoms with Gasteiger partial charge in [0.1, 0.15) is 11.4 Å². The number of piperazine rings is 1. The van der Waals surface area contributed by atoms with Crippen molar-refractivity contribution in [1.82, 2.24) is 14.7 Å². The van der Waals surface area contributed by atoms with Crippen LogP contribution in [0.15, 0.2) is 18.2 Å². The second-order valence-electron chi connectivity index (χ2n) is 9.84. The minimum absolute atomic E-state index is 0.184. The number of amides is 1. The molecule has 0 aromatic heterocycles. The minimum Gasteiger partial charge on any atom is -0.496 e. The summed E-state index contributed by atoms with van der Waals surface area (Å²) in [5.41, 5.74) is 2.41. The van der Waals surface area contributed by atoms with Crippen LogP contribution in [0.5, 0.6) is 5.75 Å². The lowest BCUT2D eigenvalue weighted by atomic mass is 9.86. The molecule has 0 N–H and O–H groups in total. The van der Waals surface area contributed by atoms with Crippen molar-refractivity contribution < 1.29 is 14.3 Å². The molecule has 1 heterocycles. The van der Waals surface area contributed by atoms with E-state index in [2.05, 4.69) is 34.9 Å². The van der Waals surface area contributed by atoms with Gasteiger partial charge in [0, 0.05) is 45.3 Å². The third-order valence-corrected chi connectivity index (χ3v) is 6.39. The van der Waals surface area contributed by atoms with Crippen molar-refractivity contribution in [1.29, 1.82) is 0 Å². The van der Waals surface area contributed by atoms with E-state index in [-0.39, 0.29) is 6.09 Å². The van der Waals surface area contributed by atoms with Gasteiger partial charge in [-0.05, 0) is 70.2 Å². The summed E-state index contributed by atoms with van der Waals surface area (Å²) in [4.78, 5) is 19.3. The van der Waals surface area contributed by atoms with Crippen LogP contribution in [0.1, 0.15) is 51.7 Å². The first kappa shape index (κ1) is 23.9. The van der Waals surface area contributed by atoms with Crippen LogP contribution in [0, 0.1) is 0 Å². The number of carbonyl (C=O) groups excluding carboxylic acids is 1. The van der Waals surface area contributed by atoms with Crippen LogP contribution >= 0.6 is 0 Å². The number of hydrogen-bond donors (Lipinski definition) is 0. The van der Waals surface area contributed by atoms with E-state index in [1.54, 1.807) is 7.11 Å². The van der Waals surface area contributed by atoms with Crippen molar-refractivity contribution in [3.05, 3.63) is 29.3 Å². The molecule has 2 aliphatic rings. The van der Waals surface area contributed by atoms with Crippen LogP contribution in [-0.2, 0) is 17.6 Å². The van der Waals surface area contributed by atoms with E-state index in [4.69, 9.17) is 9.47 Å². The molecule has 1 saturated heterocycles. The molecule has 1 unspecified atom stereocenters. The van der Waals surface area contributed by atoms with Gasteiger partial charge in [0.2, 0.25) is 0 Å². The maximum Gasteiger partial charge on any atom is 0.410 e. The number of hydrogen-bond acceptors (Lipinski definition) is 5.